The third-order valence-corrected chi connectivity index (χ3v) is 20.2. The zero-order valence-corrected chi connectivity index (χ0v) is 55.6. The highest BCUT2D eigenvalue weighted by molar-refractivity contribution is 6.21. The number of hydrogen-bond acceptors (Lipinski definition) is 16. The summed E-state index contributed by atoms with van der Waals surface area (Å²) in [4.78, 5) is 17.8. The van der Waals surface area contributed by atoms with Crippen molar-refractivity contribution in [1.29, 1.82) is 0 Å². The fraction of sp³-hybridized carbons (Fsp3) is 0.200. The Morgan fingerprint density at radius 1 is 0.260 bits per heavy atom. The van der Waals surface area contributed by atoms with Crippen LogP contribution in [0.25, 0.3) is 132 Å². The molecule has 0 unspecified atom stereocenters. The molecule has 16 heteroatoms. The van der Waals surface area contributed by atoms with Crippen molar-refractivity contribution in [1.82, 2.24) is 19.6 Å². The van der Waals surface area contributed by atoms with Crippen molar-refractivity contribution in [3.63, 3.8) is 0 Å². The smallest absolute Gasteiger partial charge is 0.299 e. The van der Waals surface area contributed by atoms with Crippen LogP contribution >= 0.6 is 0 Å². The van der Waals surface area contributed by atoms with E-state index >= 15 is 0 Å². The molecule has 4 aliphatic rings. The van der Waals surface area contributed by atoms with Gasteiger partial charge in [0.05, 0.1) is 43.7 Å². The van der Waals surface area contributed by atoms with E-state index in [1.165, 1.54) is 22.3 Å². The van der Waals surface area contributed by atoms with Crippen LogP contribution in [0.3, 0.4) is 0 Å². The van der Waals surface area contributed by atoms with Crippen LogP contribution in [0.2, 0.25) is 0 Å². The molecule has 0 amide bonds. The lowest BCUT2D eigenvalue weighted by Crippen LogP contribution is -2.33. The number of fused-ring (bicyclic) bond motifs is 20. The lowest BCUT2D eigenvalue weighted by atomic mass is 10.1. The van der Waals surface area contributed by atoms with Gasteiger partial charge in [0.25, 0.3) is 11.6 Å². The Hall–Kier alpha value is -11.5. The summed E-state index contributed by atoms with van der Waals surface area (Å²) >= 11 is 0. The number of nitrogens with zero attached hydrogens (tertiary/aromatic N) is 8. The summed E-state index contributed by atoms with van der Waals surface area (Å²) in [5.41, 5.74) is 19.7. The molecule has 0 fully saturated rings. The number of hydrogen-bond donors (Lipinski definition) is 0. The van der Waals surface area contributed by atoms with Gasteiger partial charge in [-0.3, -0.25) is 0 Å². The van der Waals surface area contributed by atoms with E-state index in [4.69, 9.17) is 35.3 Å². The molecule has 12 heterocycles. The van der Waals surface area contributed by atoms with E-state index in [-0.39, 0.29) is 12.3 Å². The van der Waals surface area contributed by atoms with Crippen molar-refractivity contribution in [2.24, 2.45) is 0 Å². The van der Waals surface area contributed by atoms with Crippen molar-refractivity contribution in [2.75, 3.05) is 47.8 Å². The van der Waals surface area contributed by atoms with Crippen molar-refractivity contribution in [2.45, 2.75) is 80.1 Å². The van der Waals surface area contributed by atoms with E-state index in [2.05, 4.69) is 233 Å². The van der Waals surface area contributed by atoms with Gasteiger partial charge in [-0.2, -0.15) is 0 Å². The molecule has 4 aliphatic heterocycles. The van der Waals surface area contributed by atoms with E-state index in [1.807, 2.05) is 84.9 Å². The molecule has 0 saturated heterocycles. The zero-order valence-electron chi connectivity index (χ0n) is 55.6. The number of para-hydroxylation sites is 4. The maximum atomic E-state index is 6.33. The van der Waals surface area contributed by atoms with Crippen LogP contribution in [-0.2, 0) is 0 Å². The van der Waals surface area contributed by atoms with Gasteiger partial charge in [0.2, 0.25) is 0 Å². The summed E-state index contributed by atoms with van der Waals surface area (Å²) in [6, 6.07) is 49.3. The maximum Gasteiger partial charge on any atom is 0.299 e. The molecular formula is C80H72N8O8. The summed E-state index contributed by atoms with van der Waals surface area (Å²) < 4.78 is 48.6. The zero-order chi connectivity index (χ0) is 65.7. The van der Waals surface area contributed by atoms with Crippen LogP contribution < -0.4 is 19.6 Å². The first-order valence-corrected chi connectivity index (χ1v) is 32.7. The fourth-order valence-electron chi connectivity index (χ4n) is 14.3. The SMILES string of the molecule is Cc1cc2c(cc1N1C=CN(C)[C@@H]1C)oc1c3ccccc3oc21.Cc1cc2c(cc1N1C=CN(C)[C@@H]1C)oc1oc3ccccc3c12.Cc1ccc2c(oc3c4ccccc4oc23)c1N1C=CN(C)[C@@H]1C.Cc1ccc2c(oc3oc4ccccc4c32)c1N1C=CN(C)[C@@H]1C. The van der Waals surface area contributed by atoms with Crippen LogP contribution in [0.1, 0.15) is 49.9 Å². The van der Waals surface area contributed by atoms with E-state index in [0.717, 1.165) is 144 Å². The predicted octanol–water partition coefficient (Wildman–Crippen LogP) is 20.8. The van der Waals surface area contributed by atoms with Gasteiger partial charge < -0.3 is 74.5 Å². The molecular weight excluding hydrogens is 1200 g/mol. The first-order valence-electron chi connectivity index (χ1n) is 32.7. The Morgan fingerprint density at radius 2 is 0.604 bits per heavy atom. The molecule has 0 saturated carbocycles. The summed E-state index contributed by atoms with van der Waals surface area (Å²) in [6.45, 7) is 17.3. The van der Waals surface area contributed by atoms with Crippen LogP contribution in [0, 0.1) is 27.7 Å². The summed E-state index contributed by atoms with van der Waals surface area (Å²) in [5, 5.41) is 10.7. The molecule has 16 nitrogen and oxygen atoms in total. The Balaban J connectivity index is 0.0000000968. The average Bonchev–Trinajstić information content (AvgIpc) is 1.61. The number of benzene rings is 8. The monoisotopic (exact) mass is 1270 g/mol. The first-order chi connectivity index (χ1) is 46.6. The minimum Gasteiger partial charge on any atom is -0.452 e. The van der Waals surface area contributed by atoms with Crippen molar-refractivity contribution in [3.05, 3.63) is 217 Å². The molecule has 0 spiro atoms. The normalized spacial score (nSPS) is 17.9. The minimum absolute atomic E-state index is 0.252. The van der Waals surface area contributed by atoms with Crippen LogP contribution in [-0.4, -0.2) is 72.5 Å². The maximum absolute atomic E-state index is 6.33. The van der Waals surface area contributed by atoms with Gasteiger partial charge >= 0.3 is 0 Å². The molecule has 16 aromatic rings. The largest absolute Gasteiger partial charge is 0.452 e. The molecule has 20 rings (SSSR count). The summed E-state index contributed by atoms with van der Waals surface area (Å²) in [5.74, 6) is 1.20. The standard InChI is InChI=1S/4C20H18N2O2/c1-12-10-15-18(11-16(12)22-9-8-21(3)13(22)2)24-19-14-6-4-5-7-17(14)23-20(15)19;1-12-10-15-18(11-16(12)22-9-8-21(3)13(22)2)24-20-19(15)14-6-4-5-7-17(14)23-20;1-12-8-9-15-17-14-6-4-5-7-16(14)23-20(17)24-19(15)18(12)22-11-10-21(3)13(22)2;1-12-8-9-15-18(17(12)22-11-10-21(3)13(22)2)24-19-14-6-4-5-7-16(14)23-20(15)19/h4*4-11,13H,1-3H3/t4*13-/m0000/s1. The lowest BCUT2D eigenvalue weighted by Gasteiger charge is -2.28. The highest BCUT2D eigenvalue weighted by Crippen LogP contribution is 2.47. The van der Waals surface area contributed by atoms with E-state index in [1.54, 1.807) is 0 Å². The molecule has 0 bridgehead atoms. The minimum atomic E-state index is 0.252. The average molecular weight is 1270 g/mol. The van der Waals surface area contributed by atoms with Gasteiger partial charge in [0.1, 0.15) is 58.2 Å². The molecule has 480 valence electrons. The van der Waals surface area contributed by atoms with E-state index in [0.29, 0.717) is 23.9 Å². The van der Waals surface area contributed by atoms with Crippen molar-refractivity contribution < 1.29 is 35.3 Å². The second kappa shape index (κ2) is 22.1. The summed E-state index contributed by atoms with van der Waals surface area (Å²) in [7, 11) is 8.33. The molecule has 8 aromatic carbocycles. The number of furan rings is 8. The third-order valence-electron chi connectivity index (χ3n) is 20.2. The van der Waals surface area contributed by atoms with Crippen molar-refractivity contribution in [3.8, 4) is 0 Å². The summed E-state index contributed by atoms with van der Waals surface area (Å²) in [6.07, 6.45) is 17.9. The topological polar surface area (TPSA) is 131 Å². The number of rotatable bonds is 4. The Labute approximate surface area is 552 Å². The van der Waals surface area contributed by atoms with E-state index in [9.17, 15) is 0 Å². The van der Waals surface area contributed by atoms with E-state index < -0.39 is 0 Å². The number of aryl methyl sites for hydroxylation is 4. The lowest BCUT2D eigenvalue weighted by molar-refractivity contribution is 0.382. The van der Waals surface area contributed by atoms with Crippen LogP contribution in [0.15, 0.2) is 231 Å². The van der Waals surface area contributed by atoms with Gasteiger partial charge in [-0.15, -0.1) is 0 Å². The second-order valence-electron chi connectivity index (χ2n) is 25.9. The Kier molecular flexibility index (Phi) is 13.4. The predicted molar refractivity (Wildman–Crippen MR) is 388 cm³/mol. The molecule has 8 aromatic heterocycles. The number of anilines is 4. The van der Waals surface area contributed by atoms with Gasteiger partial charge in [0, 0.05) is 123 Å². The van der Waals surface area contributed by atoms with Gasteiger partial charge in [-0.05, 0) is 138 Å². The van der Waals surface area contributed by atoms with Crippen molar-refractivity contribution >= 4 is 155 Å². The van der Waals surface area contributed by atoms with Crippen LogP contribution in [0.5, 0.6) is 0 Å². The molecule has 4 atom stereocenters. The fourth-order valence-corrected chi connectivity index (χ4v) is 14.3. The van der Waals surface area contributed by atoms with Crippen LogP contribution in [0.4, 0.5) is 22.7 Å². The quantitative estimate of drug-likeness (QED) is 0.165. The molecule has 0 N–H and O–H groups in total. The van der Waals surface area contributed by atoms with Gasteiger partial charge in [0.15, 0.2) is 33.5 Å². The Morgan fingerprint density at radius 3 is 1.08 bits per heavy atom. The highest BCUT2D eigenvalue weighted by atomic mass is 16.5. The molecule has 96 heavy (non-hydrogen) atoms. The first kappa shape index (κ1) is 58.3. The highest BCUT2D eigenvalue weighted by Gasteiger charge is 2.31. The molecule has 0 aliphatic carbocycles. The molecule has 0 radical (unpaired) electrons. The Bertz CT molecular complexity index is 5830. The van der Waals surface area contributed by atoms with Gasteiger partial charge in [-0.25, -0.2) is 0 Å². The van der Waals surface area contributed by atoms with Gasteiger partial charge in [-0.1, -0.05) is 72.8 Å². The second-order valence-corrected chi connectivity index (χ2v) is 25.9. The third kappa shape index (κ3) is 9.01.